The summed E-state index contributed by atoms with van der Waals surface area (Å²) in [6.07, 6.45) is 4.91. The second kappa shape index (κ2) is 10.4. The van der Waals surface area contributed by atoms with Gasteiger partial charge in [-0.1, -0.05) is 38.5 Å². The van der Waals surface area contributed by atoms with Gasteiger partial charge in [0.25, 0.3) is 5.91 Å². The predicted octanol–water partition coefficient (Wildman–Crippen LogP) is 4.22. The topological polar surface area (TPSA) is 86.9 Å². The van der Waals surface area contributed by atoms with Gasteiger partial charge in [-0.05, 0) is 24.5 Å². The molecule has 0 saturated heterocycles. The molecule has 0 saturated carbocycles. The van der Waals surface area contributed by atoms with E-state index in [-0.39, 0.29) is 36.9 Å². The molecule has 0 aromatic carbocycles. The fourth-order valence-electron chi connectivity index (χ4n) is 3.82. The molecule has 0 aliphatic heterocycles. The van der Waals surface area contributed by atoms with Crippen LogP contribution in [0.15, 0.2) is 48.3 Å². The maximum Gasteiger partial charge on any atom is 0.417 e. The molecule has 1 aliphatic carbocycles. The molecule has 2 heterocycles. The van der Waals surface area contributed by atoms with Gasteiger partial charge >= 0.3 is 12.1 Å². The van der Waals surface area contributed by atoms with Gasteiger partial charge in [-0.3, -0.25) is 9.59 Å². The standard InChI is InChI=1S/C24H29F3N4O3/c1-4-15(2)22(19-14-31-13-17(24(25,26)27)7-10-20(31)29-19)28-18-8-5-16(6-9-18)23(34)30(3)12-11-21(32)33/h5-8,10,13-15,18,22,28H,4,9,11-12H2,1-3H3,(H,32,33). The van der Waals surface area contributed by atoms with Crippen molar-refractivity contribution in [3.05, 3.63) is 59.6 Å². The number of carboxylic acid groups (broad SMARTS) is 1. The number of likely N-dealkylation sites (N-methyl/N-ethyl adjacent to an activating group) is 1. The Bertz CT molecular complexity index is 1110. The summed E-state index contributed by atoms with van der Waals surface area (Å²) < 4.78 is 40.6. The lowest BCUT2D eigenvalue weighted by molar-refractivity contribution is -0.138. The van der Waals surface area contributed by atoms with Crippen LogP contribution in [-0.2, 0) is 15.8 Å². The molecule has 3 unspecified atom stereocenters. The van der Waals surface area contributed by atoms with Gasteiger partial charge in [0.2, 0.25) is 0 Å². The van der Waals surface area contributed by atoms with Crippen LogP contribution < -0.4 is 5.32 Å². The van der Waals surface area contributed by atoms with Crippen molar-refractivity contribution in [2.75, 3.05) is 13.6 Å². The van der Waals surface area contributed by atoms with E-state index in [4.69, 9.17) is 5.11 Å². The van der Waals surface area contributed by atoms with Crippen LogP contribution >= 0.6 is 0 Å². The Morgan fingerprint density at radius 3 is 2.65 bits per heavy atom. The second-order valence-electron chi connectivity index (χ2n) is 8.61. The lowest BCUT2D eigenvalue weighted by Crippen LogP contribution is -2.36. The van der Waals surface area contributed by atoms with E-state index < -0.39 is 17.7 Å². The molecule has 10 heteroatoms. The number of aliphatic carboxylic acids is 1. The molecule has 184 valence electrons. The third-order valence-electron chi connectivity index (χ3n) is 6.08. The smallest absolute Gasteiger partial charge is 0.417 e. The van der Waals surface area contributed by atoms with Crippen molar-refractivity contribution in [1.29, 1.82) is 0 Å². The lowest BCUT2D eigenvalue weighted by atomic mass is 9.94. The van der Waals surface area contributed by atoms with Crippen molar-refractivity contribution in [2.45, 2.75) is 51.4 Å². The molecule has 0 radical (unpaired) electrons. The predicted molar refractivity (Wildman–Crippen MR) is 121 cm³/mol. The third kappa shape index (κ3) is 6.05. The molecule has 3 atom stereocenters. The number of carbonyl (C=O) groups is 2. The molecule has 0 fully saturated rings. The number of rotatable bonds is 9. The van der Waals surface area contributed by atoms with Crippen molar-refractivity contribution in [1.82, 2.24) is 19.6 Å². The molecular formula is C24H29F3N4O3. The van der Waals surface area contributed by atoms with Gasteiger partial charge in [-0.2, -0.15) is 13.2 Å². The van der Waals surface area contributed by atoms with Crippen LogP contribution in [0.2, 0.25) is 0 Å². The third-order valence-corrected chi connectivity index (χ3v) is 6.08. The molecule has 7 nitrogen and oxygen atoms in total. The highest BCUT2D eigenvalue weighted by molar-refractivity contribution is 5.96. The summed E-state index contributed by atoms with van der Waals surface area (Å²) >= 11 is 0. The summed E-state index contributed by atoms with van der Waals surface area (Å²) in [6.45, 7) is 4.22. The monoisotopic (exact) mass is 478 g/mol. The maximum atomic E-state index is 13.1. The minimum absolute atomic E-state index is 0.0876. The van der Waals surface area contributed by atoms with E-state index in [0.29, 0.717) is 23.3 Å². The Kier molecular flexibility index (Phi) is 7.81. The SMILES string of the molecule is CCC(C)C(NC1C=CC(C(=O)N(C)CCC(=O)O)=CC1)c1cn2cc(C(F)(F)F)ccc2n1. The normalized spacial score (nSPS) is 17.9. The maximum absolute atomic E-state index is 13.1. The first-order chi connectivity index (χ1) is 16.0. The zero-order valence-electron chi connectivity index (χ0n) is 19.3. The quantitative estimate of drug-likeness (QED) is 0.564. The highest BCUT2D eigenvalue weighted by Crippen LogP contribution is 2.31. The van der Waals surface area contributed by atoms with Crippen LogP contribution in [0.3, 0.4) is 0 Å². The number of nitrogens with zero attached hydrogens (tertiary/aromatic N) is 3. The van der Waals surface area contributed by atoms with Crippen LogP contribution in [0.25, 0.3) is 5.65 Å². The average Bonchev–Trinajstić information content (AvgIpc) is 3.23. The van der Waals surface area contributed by atoms with E-state index >= 15 is 0 Å². The largest absolute Gasteiger partial charge is 0.481 e. The molecule has 2 N–H and O–H groups in total. The zero-order valence-corrected chi connectivity index (χ0v) is 19.3. The van der Waals surface area contributed by atoms with Crippen LogP contribution in [0.4, 0.5) is 13.2 Å². The van der Waals surface area contributed by atoms with E-state index in [9.17, 15) is 22.8 Å². The van der Waals surface area contributed by atoms with E-state index in [0.717, 1.165) is 18.7 Å². The van der Waals surface area contributed by atoms with E-state index in [2.05, 4.69) is 17.2 Å². The fourth-order valence-corrected chi connectivity index (χ4v) is 3.82. The van der Waals surface area contributed by atoms with Crippen LogP contribution in [0.1, 0.15) is 50.4 Å². The molecule has 3 rings (SSSR count). The molecule has 0 bridgehead atoms. The first-order valence-electron chi connectivity index (χ1n) is 11.2. The number of nitrogens with one attached hydrogen (secondary N) is 1. The van der Waals surface area contributed by atoms with Crippen molar-refractivity contribution < 1.29 is 27.9 Å². The molecule has 34 heavy (non-hydrogen) atoms. The molecule has 1 amide bonds. The van der Waals surface area contributed by atoms with E-state index in [1.165, 1.54) is 15.4 Å². The van der Waals surface area contributed by atoms with Gasteiger partial charge in [-0.25, -0.2) is 4.98 Å². The first-order valence-corrected chi connectivity index (χ1v) is 11.2. The van der Waals surface area contributed by atoms with Crippen molar-refractivity contribution in [2.24, 2.45) is 5.92 Å². The Morgan fingerprint density at radius 1 is 1.32 bits per heavy atom. The molecular weight excluding hydrogens is 449 g/mol. The van der Waals surface area contributed by atoms with Gasteiger partial charge in [0.05, 0.1) is 23.7 Å². The van der Waals surface area contributed by atoms with Crippen molar-refractivity contribution in [3.8, 4) is 0 Å². The van der Waals surface area contributed by atoms with Crippen LogP contribution in [0, 0.1) is 5.92 Å². The Labute approximate surface area is 196 Å². The number of imidazole rings is 1. The Morgan fingerprint density at radius 2 is 2.06 bits per heavy atom. The Hall–Kier alpha value is -3.14. The summed E-state index contributed by atoms with van der Waals surface area (Å²) in [5.74, 6) is -1.04. The number of carbonyl (C=O) groups excluding carboxylic acids is 1. The fraction of sp³-hybridized carbons (Fsp3) is 0.458. The van der Waals surface area contributed by atoms with Crippen LogP contribution in [0.5, 0.6) is 0 Å². The number of hydrogen-bond acceptors (Lipinski definition) is 4. The summed E-state index contributed by atoms with van der Waals surface area (Å²) in [5.41, 5.74) is 0.858. The van der Waals surface area contributed by atoms with Crippen LogP contribution in [-0.4, -0.2) is 50.9 Å². The molecule has 0 spiro atoms. The number of halogens is 3. The number of hydrogen-bond donors (Lipinski definition) is 2. The number of carboxylic acids is 1. The van der Waals surface area contributed by atoms with Gasteiger partial charge in [0.1, 0.15) is 5.65 Å². The molecule has 2 aromatic rings. The highest BCUT2D eigenvalue weighted by Gasteiger charge is 2.31. The minimum Gasteiger partial charge on any atom is -0.481 e. The highest BCUT2D eigenvalue weighted by atomic mass is 19.4. The summed E-state index contributed by atoms with van der Waals surface area (Å²) in [7, 11) is 1.57. The lowest BCUT2D eigenvalue weighted by Gasteiger charge is -2.28. The Balaban J connectivity index is 1.73. The summed E-state index contributed by atoms with van der Waals surface area (Å²) in [5, 5.41) is 12.3. The van der Waals surface area contributed by atoms with Gasteiger partial charge in [0.15, 0.2) is 0 Å². The average molecular weight is 479 g/mol. The summed E-state index contributed by atoms with van der Waals surface area (Å²) in [4.78, 5) is 29.2. The minimum atomic E-state index is -4.43. The van der Waals surface area contributed by atoms with Gasteiger partial charge in [0, 0.05) is 37.6 Å². The number of aromatic nitrogens is 2. The van der Waals surface area contributed by atoms with Gasteiger partial charge < -0.3 is 19.7 Å². The number of pyridine rings is 1. The molecule has 2 aromatic heterocycles. The second-order valence-corrected chi connectivity index (χ2v) is 8.61. The number of fused-ring (bicyclic) bond motifs is 1. The van der Waals surface area contributed by atoms with Crippen molar-refractivity contribution >= 4 is 17.5 Å². The number of amides is 1. The van der Waals surface area contributed by atoms with E-state index in [1.807, 2.05) is 19.1 Å². The molecule has 1 aliphatic rings. The van der Waals surface area contributed by atoms with E-state index in [1.54, 1.807) is 19.3 Å². The summed E-state index contributed by atoms with van der Waals surface area (Å²) in [6, 6.07) is 2.11. The van der Waals surface area contributed by atoms with Crippen molar-refractivity contribution in [3.63, 3.8) is 0 Å². The number of alkyl halides is 3. The zero-order chi connectivity index (χ0) is 25.0. The first kappa shape index (κ1) is 25.5. The van der Waals surface area contributed by atoms with Gasteiger partial charge in [-0.15, -0.1) is 0 Å².